The molecular weight excluding hydrogens is 344 g/mol. The Morgan fingerprint density at radius 2 is 1.78 bits per heavy atom. The average Bonchev–Trinajstić information content (AvgIpc) is 3.12. The Hall–Kier alpha value is -3.61. The SMILES string of the molecule is COc1ccc(-c2nnc3ccc(-c4ccc(C)c(O)c4)nn23)c(OC)c1. The van der Waals surface area contributed by atoms with Crippen LogP contribution in [0.15, 0.2) is 48.5 Å². The molecule has 0 radical (unpaired) electrons. The molecule has 0 atom stereocenters. The van der Waals surface area contributed by atoms with E-state index in [1.165, 1.54) is 0 Å². The van der Waals surface area contributed by atoms with E-state index in [9.17, 15) is 5.11 Å². The second-order valence-corrected chi connectivity index (χ2v) is 6.08. The first-order chi connectivity index (χ1) is 13.1. The quantitative estimate of drug-likeness (QED) is 0.598. The molecule has 0 amide bonds. The van der Waals surface area contributed by atoms with Gasteiger partial charge in [0.25, 0.3) is 0 Å². The number of fused-ring (bicyclic) bond motifs is 1. The minimum absolute atomic E-state index is 0.232. The lowest BCUT2D eigenvalue weighted by Crippen LogP contribution is -1.99. The molecule has 27 heavy (non-hydrogen) atoms. The predicted molar refractivity (Wildman–Crippen MR) is 101 cm³/mol. The normalized spacial score (nSPS) is 10.9. The van der Waals surface area contributed by atoms with Crippen LogP contribution >= 0.6 is 0 Å². The predicted octanol–water partition coefficient (Wildman–Crippen LogP) is 3.49. The fourth-order valence-corrected chi connectivity index (χ4v) is 2.86. The fourth-order valence-electron chi connectivity index (χ4n) is 2.86. The lowest BCUT2D eigenvalue weighted by Gasteiger charge is -2.09. The molecule has 0 saturated carbocycles. The van der Waals surface area contributed by atoms with E-state index in [2.05, 4.69) is 15.3 Å². The third-order valence-corrected chi connectivity index (χ3v) is 4.42. The summed E-state index contributed by atoms with van der Waals surface area (Å²) in [6.07, 6.45) is 0. The Morgan fingerprint density at radius 3 is 2.52 bits per heavy atom. The summed E-state index contributed by atoms with van der Waals surface area (Å²) in [5.74, 6) is 2.09. The Labute approximate surface area is 155 Å². The molecule has 0 fully saturated rings. The molecule has 0 bridgehead atoms. The number of aromatic nitrogens is 4. The second-order valence-electron chi connectivity index (χ2n) is 6.08. The molecule has 4 aromatic rings. The molecule has 0 aliphatic heterocycles. The summed E-state index contributed by atoms with van der Waals surface area (Å²) in [5.41, 5.74) is 3.69. The molecule has 2 aromatic carbocycles. The number of hydrogen-bond donors (Lipinski definition) is 1. The molecule has 0 aliphatic rings. The maximum Gasteiger partial charge on any atom is 0.189 e. The molecule has 7 nitrogen and oxygen atoms in total. The zero-order valence-corrected chi connectivity index (χ0v) is 15.2. The molecule has 136 valence electrons. The van der Waals surface area contributed by atoms with Crippen LogP contribution in [-0.4, -0.2) is 39.1 Å². The topological polar surface area (TPSA) is 81.8 Å². The van der Waals surface area contributed by atoms with E-state index >= 15 is 0 Å². The van der Waals surface area contributed by atoms with E-state index in [1.807, 2.05) is 43.3 Å². The first-order valence-electron chi connectivity index (χ1n) is 8.35. The summed E-state index contributed by atoms with van der Waals surface area (Å²) in [5, 5.41) is 23.1. The van der Waals surface area contributed by atoms with Gasteiger partial charge in [0.15, 0.2) is 11.5 Å². The van der Waals surface area contributed by atoms with Gasteiger partial charge in [-0.3, -0.25) is 0 Å². The molecule has 0 saturated heterocycles. The molecule has 1 N–H and O–H groups in total. The van der Waals surface area contributed by atoms with Gasteiger partial charge in [-0.1, -0.05) is 12.1 Å². The first-order valence-corrected chi connectivity index (χ1v) is 8.35. The van der Waals surface area contributed by atoms with Crippen LogP contribution in [0.1, 0.15) is 5.56 Å². The highest BCUT2D eigenvalue weighted by Crippen LogP contribution is 2.32. The van der Waals surface area contributed by atoms with Crippen molar-refractivity contribution in [1.82, 2.24) is 19.8 Å². The largest absolute Gasteiger partial charge is 0.508 e. The van der Waals surface area contributed by atoms with Crippen LogP contribution in [0, 0.1) is 6.92 Å². The van der Waals surface area contributed by atoms with Crippen LogP contribution in [0.5, 0.6) is 17.2 Å². The highest BCUT2D eigenvalue weighted by Gasteiger charge is 2.16. The summed E-state index contributed by atoms with van der Waals surface area (Å²) in [7, 11) is 3.20. The summed E-state index contributed by atoms with van der Waals surface area (Å²) >= 11 is 0. The number of ether oxygens (including phenoxy) is 2. The number of aryl methyl sites for hydroxylation is 1. The van der Waals surface area contributed by atoms with Crippen molar-refractivity contribution in [2.75, 3.05) is 14.2 Å². The monoisotopic (exact) mass is 362 g/mol. The van der Waals surface area contributed by atoms with Gasteiger partial charge in [-0.25, -0.2) is 0 Å². The summed E-state index contributed by atoms with van der Waals surface area (Å²) in [4.78, 5) is 0. The zero-order chi connectivity index (χ0) is 19.0. The standard InChI is InChI=1S/C20H18N4O3/c1-12-4-5-13(10-17(12)25)16-8-9-19-21-22-20(24(19)23-16)15-7-6-14(26-2)11-18(15)27-3/h4-11,25H,1-3H3. The van der Waals surface area contributed by atoms with Crippen molar-refractivity contribution >= 4 is 5.65 Å². The maximum atomic E-state index is 10.00. The first kappa shape index (κ1) is 16.8. The number of nitrogens with zero attached hydrogens (tertiary/aromatic N) is 4. The van der Waals surface area contributed by atoms with Gasteiger partial charge in [0.2, 0.25) is 0 Å². The number of rotatable bonds is 4. The molecule has 4 rings (SSSR count). The lowest BCUT2D eigenvalue weighted by molar-refractivity contribution is 0.395. The summed E-state index contributed by atoms with van der Waals surface area (Å²) in [6.45, 7) is 1.85. The second kappa shape index (κ2) is 6.60. The van der Waals surface area contributed by atoms with Crippen molar-refractivity contribution in [3.05, 3.63) is 54.1 Å². The molecule has 0 unspecified atom stereocenters. The minimum atomic E-state index is 0.232. The molecule has 2 aromatic heterocycles. The summed E-state index contributed by atoms with van der Waals surface area (Å²) < 4.78 is 12.4. The molecule has 0 spiro atoms. The average molecular weight is 362 g/mol. The van der Waals surface area contributed by atoms with E-state index in [1.54, 1.807) is 30.9 Å². The third kappa shape index (κ3) is 2.93. The van der Waals surface area contributed by atoms with Crippen LogP contribution in [0.4, 0.5) is 0 Å². The summed E-state index contributed by atoms with van der Waals surface area (Å²) in [6, 6.07) is 14.6. The van der Waals surface area contributed by atoms with Gasteiger partial charge in [0, 0.05) is 11.6 Å². The van der Waals surface area contributed by atoms with E-state index in [4.69, 9.17) is 9.47 Å². The zero-order valence-electron chi connectivity index (χ0n) is 15.2. The van der Waals surface area contributed by atoms with Crippen LogP contribution in [0.25, 0.3) is 28.3 Å². The molecular formula is C20H18N4O3. The van der Waals surface area contributed by atoms with Crippen molar-refractivity contribution in [3.8, 4) is 39.9 Å². The van der Waals surface area contributed by atoms with Crippen molar-refractivity contribution in [1.29, 1.82) is 0 Å². The van der Waals surface area contributed by atoms with Crippen molar-refractivity contribution in [2.45, 2.75) is 6.92 Å². The van der Waals surface area contributed by atoms with Gasteiger partial charge < -0.3 is 14.6 Å². The smallest absolute Gasteiger partial charge is 0.189 e. The van der Waals surface area contributed by atoms with E-state index < -0.39 is 0 Å². The highest BCUT2D eigenvalue weighted by atomic mass is 16.5. The van der Waals surface area contributed by atoms with Gasteiger partial charge in [-0.15, -0.1) is 10.2 Å². The lowest BCUT2D eigenvalue weighted by atomic mass is 10.1. The molecule has 2 heterocycles. The van der Waals surface area contributed by atoms with Gasteiger partial charge >= 0.3 is 0 Å². The van der Waals surface area contributed by atoms with Crippen molar-refractivity contribution in [3.63, 3.8) is 0 Å². The van der Waals surface area contributed by atoms with Crippen molar-refractivity contribution < 1.29 is 14.6 Å². The van der Waals surface area contributed by atoms with Gasteiger partial charge in [-0.05, 0) is 42.8 Å². The number of hydrogen-bond acceptors (Lipinski definition) is 6. The fraction of sp³-hybridized carbons (Fsp3) is 0.150. The Bertz CT molecular complexity index is 1140. The Kier molecular flexibility index (Phi) is 4.12. The minimum Gasteiger partial charge on any atom is -0.508 e. The van der Waals surface area contributed by atoms with Crippen LogP contribution in [0.3, 0.4) is 0 Å². The number of benzene rings is 2. The van der Waals surface area contributed by atoms with Crippen molar-refractivity contribution in [2.24, 2.45) is 0 Å². The van der Waals surface area contributed by atoms with E-state index in [-0.39, 0.29) is 5.75 Å². The Morgan fingerprint density at radius 1 is 0.926 bits per heavy atom. The van der Waals surface area contributed by atoms with Crippen LogP contribution in [0.2, 0.25) is 0 Å². The van der Waals surface area contributed by atoms with Crippen LogP contribution in [-0.2, 0) is 0 Å². The van der Waals surface area contributed by atoms with E-state index in [0.717, 1.165) is 16.7 Å². The number of phenols is 1. The van der Waals surface area contributed by atoms with Gasteiger partial charge in [0.1, 0.15) is 17.2 Å². The number of methoxy groups -OCH3 is 2. The van der Waals surface area contributed by atoms with E-state index in [0.29, 0.717) is 28.7 Å². The van der Waals surface area contributed by atoms with Crippen LogP contribution < -0.4 is 9.47 Å². The van der Waals surface area contributed by atoms with Gasteiger partial charge in [0.05, 0.1) is 25.5 Å². The molecule has 0 aliphatic carbocycles. The highest BCUT2D eigenvalue weighted by molar-refractivity contribution is 5.69. The number of aromatic hydroxyl groups is 1. The van der Waals surface area contributed by atoms with Gasteiger partial charge in [-0.2, -0.15) is 9.61 Å². The molecule has 7 heteroatoms. The maximum absolute atomic E-state index is 10.00. The number of phenolic OH excluding ortho intramolecular Hbond substituents is 1. The Balaban J connectivity index is 1.87. The third-order valence-electron chi connectivity index (χ3n) is 4.42.